The lowest BCUT2D eigenvalue weighted by atomic mass is 10.1. The van der Waals surface area contributed by atoms with E-state index < -0.39 is 10.7 Å². The van der Waals surface area contributed by atoms with Crippen LogP contribution in [0.1, 0.15) is 17.7 Å². The monoisotopic (exact) mass is 334 g/mol. The summed E-state index contributed by atoms with van der Waals surface area (Å²) < 4.78 is 13.4. The number of nitro benzene ring substituents is 1. The van der Waals surface area contributed by atoms with Gasteiger partial charge in [-0.15, -0.1) is 11.8 Å². The molecule has 23 heavy (non-hydrogen) atoms. The Kier molecular flexibility index (Phi) is 5.70. The molecule has 0 heterocycles. The van der Waals surface area contributed by atoms with Crippen LogP contribution in [0.25, 0.3) is 0 Å². The molecule has 1 atom stereocenters. The lowest BCUT2D eigenvalue weighted by Gasteiger charge is -2.12. The molecular weight excluding hydrogens is 319 g/mol. The molecule has 0 bridgehead atoms. The third-order valence-corrected chi connectivity index (χ3v) is 4.36. The molecule has 2 rings (SSSR count). The quantitative estimate of drug-likeness (QED) is 0.636. The highest BCUT2D eigenvalue weighted by Gasteiger charge is 2.13. The summed E-state index contributed by atoms with van der Waals surface area (Å²) in [6, 6.07) is 12.2. The first-order valence-corrected chi connectivity index (χ1v) is 7.92. The van der Waals surface area contributed by atoms with E-state index in [-0.39, 0.29) is 28.3 Å². The molecular formula is C16H15FN2O3S. The number of non-ortho nitro benzene ring substituents is 1. The van der Waals surface area contributed by atoms with Crippen molar-refractivity contribution in [2.24, 2.45) is 0 Å². The molecule has 120 valence electrons. The Bertz CT molecular complexity index is 724. The van der Waals surface area contributed by atoms with Crippen molar-refractivity contribution in [1.29, 1.82) is 0 Å². The Balaban J connectivity index is 1.92. The highest BCUT2D eigenvalue weighted by molar-refractivity contribution is 8.00. The van der Waals surface area contributed by atoms with Crippen molar-refractivity contribution < 1.29 is 14.1 Å². The number of amides is 1. The fourth-order valence-corrected chi connectivity index (χ4v) is 2.75. The highest BCUT2D eigenvalue weighted by atomic mass is 32.2. The Morgan fingerprint density at radius 3 is 2.74 bits per heavy atom. The van der Waals surface area contributed by atoms with Gasteiger partial charge in [-0.25, -0.2) is 4.39 Å². The minimum absolute atomic E-state index is 0.0192. The van der Waals surface area contributed by atoms with Gasteiger partial charge in [-0.2, -0.15) is 0 Å². The first kappa shape index (κ1) is 17.0. The normalized spacial score (nSPS) is 11.7. The third kappa shape index (κ3) is 4.79. The van der Waals surface area contributed by atoms with Crippen LogP contribution in [0.5, 0.6) is 0 Å². The summed E-state index contributed by atoms with van der Waals surface area (Å²) in [5.74, 6) is -0.687. The van der Waals surface area contributed by atoms with E-state index in [0.29, 0.717) is 0 Å². The Morgan fingerprint density at radius 2 is 2.04 bits per heavy atom. The maximum Gasteiger partial charge on any atom is 0.269 e. The van der Waals surface area contributed by atoms with Crippen LogP contribution >= 0.6 is 11.8 Å². The van der Waals surface area contributed by atoms with Crippen LogP contribution in [0.15, 0.2) is 48.5 Å². The summed E-state index contributed by atoms with van der Waals surface area (Å²) in [6.45, 7) is 1.86. The van der Waals surface area contributed by atoms with Crippen molar-refractivity contribution in [1.82, 2.24) is 0 Å². The summed E-state index contributed by atoms with van der Waals surface area (Å²) >= 11 is 1.33. The van der Waals surface area contributed by atoms with Crippen LogP contribution in [-0.4, -0.2) is 16.6 Å². The Labute approximate surface area is 137 Å². The van der Waals surface area contributed by atoms with Gasteiger partial charge in [-0.05, 0) is 24.6 Å². The van der Waals surface area contributed by atoms with Gasteiger partial charge in [0.25, 0.3) is 5.69 Å². The number of benzene rings is 2. The third-order valence-electron chi connectivity index (χ3n) is 3.16. The van der Waals surface area contributed by atoms with E-state index in [1.54, 1.807) is 24.3 Å². The first-order chi connectivity index (χ1) is 11.0. The van der Waals surface area contributed by atoms with E-state index in [1.165, 1.54) is 36.0 Å². The summed E-state index contributed by atoms with van der Waals surface area (Å²) in [5.41, 5.74) is 0.926. The molecule has 0 aliphatic rings. The molecule has 1 amide bonds. The first-order valence-electron chi connectivity index (χ1n) is 6.87. The van der Waals surface area contributed by atoms with Gasteiger partial charge >= 0.3 is 0 Å². The molecule has 1 N–H and O–H groups in total. The zero-order valence-electron chi connectivity index (χ0n) is 12.4. The number of para-hydroxylation sites is 1. The SMILES string of the molecule is C[C@H](SCC(=O)Nc1ccccc1F)c1cccc([N+](=O)[O-])c1. The molecule has 0 saturated heterocycles. The van der Waals surface area contributed by atoms with Gasteiger partial charge in [-0.1, -0.05) is 24.3 Å². The average molecular weight is 334 g/mol. The van der Waals surface area contributed by atoms with E-state index >= 15 is 0 Å². The average Bonchev–Trinajstić information content (AvgIpc) is 2.55. The summed E-state index contributed by atoms with van der Waals surface area (Å²) in [4.78, 5) is 22.2. The van der Waals surface area contributed by atoms with Crippen LogP contribution in [0, 0.1) is 15.9 Å². The molecule has 0 unspecified atom stereocenters. The number of rotatable bonds is 6. The Morgan fingerprint density at radius 1 is 1.30 bits per heavy atom. The number of nitrogens with one attached hydrogen (secondary N) is 1. The number of carbonyl (C=O) groups is 1. The maximum atomic E-state index is 13.4. The van der Waals surface area contributed by atoms with Gasteiger partial charge < -0.3 is 5.32 Å². The number of nitrogens with zero attached hydrogens (tertiary/aromatic N) is 1. The van der Waals surface area contributed by atoms with Gasteiger partial charge in [0, 0.05) is 17.4 Å². The van der Waals surface area contributed by atoms with Crippen LogP contribution in [0.4, 0.5) is 15.8 Å². The number of halogens is 1. The number of thioether (sulfide) groups is 1. The molecule has 0 aromatic heterocycles. The summed E-state index contributed by atoms with van der Waals surface area (Å²) in [5, 5.41) is 13.2. The predicted octanol–water partition coefficient (Wildman–Crippen LogP) is 4.17. The number of hydrogen-bond donors (Lipinski definition) is 1. The summed E-state index contributed by atoms with van der Waals surface area (Å²) in [7, 11) is 0. The second kappa shape index (κ2) is 7.73. The van der Waals surface area contributed by atoms with Crippen molar-refractivity contribution >= 4 is 29.0 Å². The zero-order valence-corrected chi connectivity index (χ0v) is 13.2. The largest absolute Gasteiger partial charge is 0.323 e. The van der Waals surface area contributed by atoms with Crippen molar-refractivity contribution in [2.45, 2.75) is 12.2 Å². The van der Waals surface area contributed by atoms with Crippen LogP contribution < -0.4 is 5.32 Å². The standard InChI is InChI=1S/C16H15FN2O3S/c1-11(12-5-4-6-13(9-12)19(21)22)23-10-16(20)18-15-8-3-2-7-14(15)17/h2-9,11H,10H2,1H3,(H,18,20)/t11-/m0/s1. The molecule has 0 aliphatic heterocycles. The van der Waals surface area contributed by atoms with Crippen LogP contribution in [-0.2, 0) is 4.79 Å². The van der Waals surface area contributed by atoms with E-state index in [0.717, 1.165) is 5.56 Å². The van der Waals surface area contributed by atoms with E-state index in [2.05, 4.69) is 5.32 Å². The minimum atomic E-state index is -0.488. The van der Waals surface area contributed by atoms with Crippen molar-refractivity contribution in [3.8, 4) is 0 Å². The fourth-order valence-electron chi connectivity index (χ4n) is 1.94. The number of carbonyl (C=O) groups excluding carboxylic acids is 1. The molecule has 5 nitrogen and oxygen atoms in total. The predicted molar refractivity (Wildman–Crippen MR) is 89.0 cm³/mol. The molecule has 0 radical (unpaired) electrons. The second-order valence-corrected chi connectivity index (χ2v) is 6.16. The maximum absolute atomic E-state index is 13.4. The van der Waals surface area contributed by atoms with Gasteiger partial charge in [0.15, 0.2) is 0 Å². The van der Waals surface area contributed by atoms with Gasteiger partial charge in [0.2, 0.25) is 5.91 Å². The molecule has 0 spiro atoms. The molecule has 0 saturated carbocycles. The number of anilines is 1. The zero-order chi connectivity index (χ0) is 16.8. The fraction of sp³-hybridized carbons (Fsp3) is 0.188. The molecule has 7 heteroatoms. The van der Waals surface area contributed by atoms with Gasteiger partial charge in [-0.3, -0.25) is 14.9 Å². The second-order valence-electron chi connectivity index (χ2n) is 4.83. The van der Waals surface area contributed by atoms with E-state index in [9.17, 15) is 19.3 Å². The Hall–Kier alpha value is -2.41. The van der Waals surface area contributed by atoms with Crippen LogP contribution in [0.2, 0.25) is 0 Å². The van der Waals surface area contributed by atoms with Crippen LogP contribution in [0.3, 0.4) is 0 Å². The van der Waals surface area contributed by atoms with Crippen molar-refractivity contribution in [3.63, 3.8) is 0 Å². The molecule has 0 fully saturated rings. The highest BCUT2D eigenvalue weighted by Crippen LogP contribution is 2.30. The lowest BCUT2D eigenvalue weighted by Crippen LogP contribution is -2.15. The minimum Gasteiger partial charge on any atom is -0.323 e. The molecule has 2 aromatic carbocycles. The van der Waals surface area contributed by atoms with Gasteiger partial charge in [0.1, 0.15) is 5.82 Å². The van der Waals surface area contributed by atoms with Crippen molar-refractivity contribution in [3.05, 3.63) is 70.0 Å². The van der Waals surface area contributed by atoms with E-state index in [4.69, 9.17) is 0 Å². The van der Waals surface area contributed by atoms with Gasteiger partial charge in [0.05, 0.1) is 16.4 Å². The summed E-state index contributed by atoms with van der Waals surface area (Å²) in [6.07, 6.45) is 0. The van der Waals surface area contributed by atoms with E-state index in [1.807, 2.05) is 6.92 Å². The molecule has 0 aliphatic carbocycles. The number of hydrogen-bond acceptors (Lipinski definition) is 4. The lowest BCUT2D eigenvalue weighted by molar-refractivity contribution is -0.384. The molecule has 2 aromatic rings. The number of nitro groups is 1. The smallest absolute Gasteiger partial charge is 0.269 e. The van der Waals surface area contributed by atoms with Crippen molar-refractivity contribution in [2.75, 3.05) is 11.1 Å². The topological polar surface area (TPSA) is 72.2 Å².